The molecule has 84 valence electrons. The Morgan fingerprint density at radius 3 is 2.67 bits per heavy atom. The van der Waals surface area contributed by atoms with Gasteiger partial charge in [0.25, 0.3) is 0 Å². The van der Waals surface area contributed by atoms with Crippen LogP contribution in [0.25, 0.3) is 0 Å². The van der Waals surface area contributed by atoms with E-state index in [0.717, 1.165) is 18.9 Å². The van der Waals surface area contributed by atoms with Crippen LogP contribution in [0.4, 0.5) is 0 Å². The normalized spacial score (nSPS) is 24.5. The van der Waals surface area contributed by atoms with E-state index in [2.05, 4.69) is 18.3 Å². The first-order chi connectivity index (χ1) is 7.28. The van der Waals surface area contributed by atoms with Gasteiger partial charge in [-0.05, 0) is 37.0 Å². The number of hydrogen-bond donors (Lipinski definition) is 1. The number of nitrogens with one attached hydrogen (secondary N) is 1. The van der Waals surface area contributed by atoms with E-state index in [4.69, 9.17) is 5.26 Å². The third-order valence-corrected chi connectivity index (χ3v) is 3.98. The van der Waals surface area contributed by atoms with Gasteiger partial charge < -0.3 is 5.32 Å². The first-order valence-corrected chi connectivity index (χ1v) is 6.38. The standard InChI is InChI=1S/C13H22N2/c1-2-12(9-11-3-4-11)15-10-13(5-6-13)7-8-14/h11-12,15H,2-7,9-10H2,1H3. The van der Waals surface area contributed by atoms with Gasteiger partial charge in [0.2, 0.25) is 0 Å². The Bertz CT molecular complexity index is 246. The van der Waals surface area contributed by atoms with E-state index in [1.807, 2.05) is 0 Å². The molecule has 0 aromatic heterocycles. The van der Waals surface area contributed by atoms with Gasteiger partial charge in [-0.15, -0.1) is 0 Å². The summed E-state index contributed by atoms with van der Waals surface area (Å²) in [6.07, 6.45) is 8.75. The quantitative estimate of drug-likeness (QED) is 0.695. The van der Waals surface area contributed by atoms with Crippen LogP contribution in [0.15, 0.2) is 0 Å². The van der Waals surface area contributed by atoms with E-state index in [-0.39, 0.29) is 0 Å². The van der Waals surface area contributed by atoms with Crippen LogP contribution in [0.2, 0.25) is 0 Å². The van der Waals surface area contributed by atoms with Crippen molar-refractivity contribution < 1.29 is 0 Å². The minimum absolute atomic E-state index is 0.367. The van der Waals surface area contributed by atoms with Crippen molar-refractivity contribution in [3.63, 3.8) is 0 Å². The summed E-state index contributed by atoms with van der Waals surface area (Å²) < 4.78 is 0. The highest BCUT2D eigenvalue weighted by Gasteiger charge is 2.42. The van der Waals surface area contributed by atoms with E-state index in [9.17, 15) is 0 Å². The van der Waals surface area contributed by atoms with E-state index >= 15 is 0 Å². The molecule has 2 heteroatoms. The van der Waals surface area contributed by atoms with Crippen molar-refractivity contribution in [1.82, 2.24) is 5.32 Å². The Balaban J connectivity index is 1.68. The zero-order valence-corrected chi connectivity index (χ0v) is 9.76. The first-order valence-electron chi connectivity index (χ1n) is 6.38. The van der Waals surface area contributed by atoms with E-state index < -0.39 is 0 Å². The Hall–Kier alpha value is -0.550. The molecule has 0 amide bonds. The molecule has 0 aliphatic heterocycles. The lowest BCUT2D eigenvalue weighted by atomic mass is 10.0. The molecule has 0 heterocycles. The fraction of sp³-hybridized carbons (Fsp3) is 0.923. The number of rotatable bonds is 7. The lowest BCUT2D eigenvalue weighted by molar-refractivity contribution is 0.382. The average molecular weight is 206 g/mol. The minimum Gasteiger partial charge on any atom is -0.313 e. The second-order valence-corrected chi connectivity index (χ2v) is 5.50. The van der Waals surface area contributed by atoms with Crippen molar-refractivity contribution >= 4 is 0 Å². The number of nitrogens with zero attached hydrogens (tertiary/aromatic N) is 1. The van der Waals surface area contributed by atoms with Crippen molar-refractivity contribution in [3.8, 4) is 6.07 Å². The summed E-state index contributed by atoms with van der Waals surface area (Å²) in [6, 6.07) is 3.03. The van der Waals surface area contributed by atoms with Crippen LogP contribution in [-0.2, 0) is 0 Å². The molecule has 2 fully saturated rings. The van der Waals surface area contributed by atoms with Gasteiger partial charge in [-0.2, -0.15) is 5.26 Å². The van der Waals surface area contributed by atoms with Gasteiger partial charge >= 0.3 is 0 Å². The maximum Gasteiger partial charge on any atom is 0.0628 e. The molecular formula is C13H22N2. The molecule has 1 unspecified atom stereocenters. The van der Waals surface area contributed by atoms with Gasteiger partial charge in [0.05, 0.1) is 6.07 Å². The van der Waals surface area contributed by atoms with Gasteiger partial charge in [0, 0.05) is 19.0 Å². The monoisotopic (exact) mass is 206 g/mol. The third kappa shape index (κ3) is 3.21. The van der Waals surface area contributed by atoms with E-state index in [0.29, 0.717) is 11.5 Å². The Morgan fingerprint density at radius 1 is 1.47 bits per heavy atom. The van der Waals surface area contributed by atoms with Crippen LogP contribution in [0.3, 0.4) is 0 Å². The molecule has 2 saturated carbocycles. The van der Waals surface area contributed by atoms with Crippen LogP contribution in [0, 0.1) is 22.7 Å². The van der Waals surface area contributed by atoms with Gasteiger partial charge in [0.15, 0.2) is 0 Å². The summed E-state index contributed by atoms with van der Waals surface area (Å²) >= 11 is 0. The summed E-state index contributed by atoms with van der Waals surface area (Å²) in [4.78, 5) is 0. The lowest BCUT2D eigenvalue weighted by Gasteiger charge is -2.20. The summed E-state index contributed by atoms with van der Waals surface area (Å²) in [5.74, 6) is 1.01. The lowest BCUT2D eigenvalue weighted by Crippen LogP contribution is -2.34. The zero-order valence-electron chi connectivity index (χ0n) is 9.76. The van der Waals surface area contributed by atoms with Crippen molar-refractivity contribution in [2.45, 2.75) is 57.9 Å². The molecule has 2 aliphatic carbocycles. The number of hydrogen-bond acceptors (Lipinski definition) is 2. The van der Waals surface area contributed by atoms with Crippen molar-refractivity contribution in [2.24, 2.45) is 11.3 Å². The second-order valence-electron chi connectivity index (χ2n) is 5.50. The molecule has 0 aromatic carbocycles. The Kier molecular flexibility index (Phi) is 3.31. The average Bonchev–Trinajstić information content (AvgIpc) is 3.09. The van der Waals surface area contributed by atoms with Crippen LogP contribution in [0.1, 0.15) is 51.9 Å². The zero-order chi connectivity index (χ0) is 10.7. The van der Waals surface area contributed by atoms with Crippen LogP contribution in [0.5, 0.6) is 0 Å². The van der Waals surface area contributed by atoms with Crippen LogP contribution in [-0.4, -0.2) is 12.6 Å². The SMILES string of the molecule is CCC(CC1CC1)NCC1(CC#N)CC1. The van der Waals surface area contributed by atoms with E-state index in [1.54, 1.807) is 0 Å². The molecule has 15 heavy (non-hydrogen) atoms. The summed E-state index contributed by atoms with van der Waals surface area (Å²) in [5.41, 5.74) is 0.367. The Morgan fingerprint density at radius 2 is 2.20 bits per heavy atom. The topological polar surface area (TPSA) is 35.8 Å². The van der Waals surface area contributed by atoms with Gasteiger partial charge in [-0.1, -0.05) is 19.8 Å². The molecule has 0 radical (unpaired) electrons. The van der Waals surface area contributed by atoms with Crippen LogP contribution >= 0.6 is 0 Å². The largest absolute Gasteiger partial charge is 0.313 e. The number of nitriles is 1. The molecule has 0 bridgehead atoms. The molecule has 0 aromatic rings. The minimum atomic E-state index is 0.367. The molecule has 0 spiro atoms. The summed E-state index contributed by atoms with van der Waals surface area (Å²) in [5, 5.41) is 12.4. The van der Waals surface area contributed by atoms with Gasteiger partial charge in [-0.25, -0.2) is 0 Å². The smallest absolute Gasteiger partial charge is 0.0628 e. The highest BCUT2D eigenvalue weighted by molar-refractivity contribution is 5.01. The Labute approximate surface area is 93.0 Å². The molecule has 0 saturated heterocycles. The van der Waals surface area contributed by atoms with Crippen molar-refractivity contribution in [1.29, 1.82) is 5.26 Å². The molecule has 1 atom stereocenters. The fourth-order valence-corrected chi connectivity index (χ4v) is 2.27. The molecule has 2 aliphatic rings. The summed E-state index contributed by atoms with van der Waals surface area (Å²) in [6.45, 7) is 3.34. The summed E-state index contributed by atoms with van der Waals surface area (Å²) in [7, 11) is 0. The predicted molar refractivity (Wildman–Crippen MR) is 61.3 cm³/mol. The van der Waals surface area contributed by atoms with E-state index in [1.165, 1.54) is 38.5 Å². The van der Waals surface area contributed by atoms with Crippen molar-refractivity contribution in [3.05, 3.63) is 0 Å². The molecular weight excluding hydrogens is 184 g/mol. The van der Waals surface area contributed by atoms with Crippen molar-refractivity contribution in [2.75, 3.05) is 6.54 Å². The second kappa shape index (κ2) is 4.53. The predicted octanol–water partition coefficient (Wildman–Crippen LogP) is 2.85. The molecule has 2 nitrogen and oxygen atoms in total. The molecule has 2 rings (SSSR count). The highest BCUT2D eigenvalue weighted by atomic mass is 14.9. The first kappa shape index (κ1) is 11.0. The molecule has 1 N–H and O–H groups in total. The highest BCUT2D eigenvalue weighted by Crippen LogP contribution is 2.48. The van der Waals surface area contributed by atoms with Gasteiger partial charge in [-0.3, -0.25) is 0 Å². The maximum absolute atomic E-state index is 8.74. The maximum atomic E-state index is 8.74. The van der Waals surface area contributed by atoms with Gasteiger partial charge in [0.1, 0.15) is 0 Å². The van der Waals surface area contributed by atoms with Crippen LogP contribution < -0.4 is 5.32 Å². The fourth-order valence-electron chi connectivity index (χ4n) is 2.27. The third-order valence-electron chi connectivity index (χ3n) is 3.98.